The van der Waals surface area contributed by atoms with Crippen molar-refractivity contribution < 1.29 is 4.42 Å². The number of rotatable bonds is 5. The summed E-state index contributed by atoms with van der Waals surface area (Å²) in [5, 5.41) is 9.71. The first-order valence-electron chi connectivity index (χ1n) is 20.7. The van der Waals surface area contributed by atoms with Crippen LogP contribution < -0.4 is 4.90 Å². The zero-order valence-corrected chi connectivity index (χ0v) is 32.9. The maximum Gasteiger partial charge on any atom is 0.159 e. The second kappa shape index (κ2) is 12.6. The van der Waals surface area contributed by atoms with Crippen molar-refractivity contribution in [2.75, 3.05) is 4.90 Å². The van der Waals surface area contributed by atoms with Gasteiger partial charge in [-0.1, -0.05) is 127 Å². The summed E-state index contributed by atoms with van der Waals surface area (Å²) < 4.78 is 9.40. The second-order valence-corrected chi connectivity index (χ2v) is 16.2. The third kappa shape index (κ3) is 4.78. The lowest BCUT2D eigenvalue weighted by Crippen LogP contribution is -2.11. The van der Waals surface area contributed by atoms with Crippen LogP contribution in [-0.4, -0.2) is 4.57 Å². The van der Waals surface area contributed by atoms with Gasteiger partial charge in [0, 0.05) is 44.2 Å². The Labute approximate surface area is 346 Å². The van der Waals surface area contributed by atoms with Crippen molar-refractivity contribution in [1.82, 2.24) is 4.57 Å². The van der Waals surface area contributed by atoms with Crippen LogP contribution in [0.25, 0.3) is 104 Å². The number of nitrogens with zero attached hydrogens (tertiary/aromatic N) is 2. The molecule has 0 N–H and O–H groups in total. The topological polar surface area (TPSA) is 21.3 Å². The van der Waals surface area contributed by atoms with E-state index in [2.05, 4.69) is 217 Å². The van der Waals surface area contributed by atoms with Gasteiger partial charge in [0.25, 0.3) is 0 Å². The SMILES string of the molecule is Cc1ccc2c(oc3c(-c4ccccc4)cccc32)c1N(c1ccccc1)c1ccc2cc3c(cc2c1)-c1cc2ccc(-n4c5ccccc5c5ccccc54)cc2cc1-3. The maximum absolute atomic E-state index is 7.00. The Bertz CT molecular complexity index is 3670. The summed E-state index contributed by atoms with van der Waals surface area (Å²) in [6.07, 6.45) is 0. The molecule has 0 fully saturated rings. The summed E-state index contributed by atoms with van der Waals surface area (Å²) in [4.78, 5) is 2.37. The number of hydrogen-bond donors (Lipinski definition) is 0. The summed E-state index contributed by atoms with van der Waals surface area (Å²) in [7, 11) is 0. The van der Waals surface area contributed by atoms with Gasteiger partial charge in [0.2, 0.25) is 0 Å². The predicted octanol–water partition coefficient (Wildman–Crippen LogP) is 16.1. The fourth-order valence-electron chi connectivity index (χ4n) is 9.93. The molecule has 13 rings (SSSR count). The average molecular weight is 765 g/mol. The van der Waals surface area contributed by atoms with Crippen molar-refractivity contribution in [2.24, 2.45) is 0 Å². The third-order valence-corrected chi connectivity index (χ3v) is 12.8. The van der Waals surface area contributed by atoms with E-state index in [1.165, 1.54) is 71.3 Å². The zero-order valence-electron chi connectivity index (χ0n) is 32.9. The molecule has 0 atom stereocenters. The molecule has 3 heteroatoms. The summed E-state index contributed by atoms with van der Waals surface area (Å²) in [6, 6.07) is 72.9. The molecule has 10 aromatic carbocycles. The molecule has 3 nitrogen and oxygen atoms in total. The van der Waals surface area contributed by atoms with E-state index in [-0.39, 0.29) is 0 Å². The van der Waals surface area contributed by atoms with Crippen LogP contribution in [0.1, 0.15) is 5.56 Å². The molecule has 0 saturated heterocycles. The largest absolute Gasteiger partial charge is 0.453 e. The fraction of sp³-hybridized carbons (Fsp3) is 0.0175. The van der Waals surface area contributed by atoms with Gasteiger partial charge in [-0.25, -0.2) is 0 Å². The van der Waals surface area contributed by atoms with Crippen LogP contribution in [0, 0.1) is 6.92 Å². The Balaban J connectivity index is 0.934. The van der Waals surface area contributed by atoms with Crippen LogP contribution >= 0.6 is 0 Å². The highest BCUT2D eigenvalue weighted by atomic mass is 16.3. The van der Waals surface area contributed by atoms with Gasteiger partial charge >= 0.3 is 0 Å². The van der Waals surface area contributed by atoms with Gasteiger partial charge in [-0.15, -0.1) is 0 Å². The molecule has 0 aliphatic heterocycles. The van der Waals surface area contributed by atoms with E-state index < -0.39 is 0 Å². The number of aromatic nitrogens is 1. The Morgan fingerprint density at radius 2 is 0.950 bits per heavy atom. The van der Waals surface area contributed by atoms with E-state index in [0.717, 1.165) is 55.7 Å². The summed E-state index contributed by atoms with van der Waals surface area (Å²) in [5.41, 5.74) is 17.3. The van der Waals surface area contributed by atoms with Crippen LogP contribution in [0.15, 0.2) is 205 Å². The Morgan fingerprint density at radius 3 is 1.65 bits per heavy atom. The van der Waals surface area contributed by atoms with Gasteiger partial charge in [-0.2, -0.15) is 0 Å². The van der Waals surface area contributed by atoms with E-state index in [9.17, 15) is 0 Å². The molecule has 0 unspecified atom stereocenters. The molecule has 0 saturated carbocycles. The normalized spacial score (nSPS) is 12.1. The molecule has 2 aromatic heterocycles. The highest BCUT2D eigenvalue weighted by molar-refractivity contribution is 6.16. The smallest absolute Gasteiger partial charge is 0.159 e. The average Bonchev–Trinajstić information content (AvgIpc) is 3.85. The van der Waals surface area contributed by atoms with Crippen molar-refractivity contribution in [3.8, 4) is 39.1 Å². The molecule has 1 aliphatic carbocycles. The van der Waals surface area contributed by atoms with Crippen molar-refractivity contribution in [1.29, 1.82) is 0 Å². The predicted molar refractivity (Wildman–Crippen MR) is 252 cm³/mol. The first-order valence-corrected chi connectivity index (χ1v) is 20.7. The van der Waals surface area contributed by atoms with Gasteiger partial charge in [-0.3, -0.25) is 0 Å². The van der Waals surface area contributed by atoms with Crippen LogP contribution in [-0.2, 0) is 0 Å². The molecular formula is C57H36N2O. The molecule has 0 bridgehead atoms. The molecule has 0 radical (unpaired) electrons. The zero-order chi connectivity index (χ0) is 39.5. The molecule has 1 aliphatic rings. The number of hydrogen-bond acceptors (Lipinski definition) is 2. The van der Waals surface area contributed by atoms with Gasteiger partial charge in [0.05, 0.1) is 16.7 Å². The van der Waals surface area contributed by atoms with E-state index in [1.807, 2.05) is 0 Å². The first kappa shape index (κ1) is 33.1. The number of para-hydroxylation sites is 4. The quantitative estimate of drug-likeness (QED) is 0.174. The first-order chi connectivity index (χ1) is 29.7. The monoisotopic (exact) mass is 764 g/mol. The third-order valence-electron chi connectivity index (χ3n) is 12.8. The van der Waals surface area contributed by atoms with Crippen molar-refractivity contribution in [3.63, 3.8) is 0 Å². The molecule has 2 heterocycles. The summed E-state index contributed by atoms with van der Waals surface area (Å²) >= 11 is 0. The fourth-order valence-corrected chi connectivity index (χ4v) is 9.93. The highest BCUT2D eigenvalue weighted by Crippen LogP contribution is 2.52. The number of benzene rings is 10. The summed E-state index contributed by atoms with van der Waals surface area (Å²) in [5.74, 6) is 0. The Hall–Kier alpha value is -7.88. The van der Waals surface area contributed by atoms with E-state index in [0.29, 0.717) is 0 Å². The van der Waals surface area contributed by atoms with Crippen LogP contribution in [0.5, 0.6) is 0 Å². The molecule has 0 spiro atoms. The van der Waals surface area contributed by atoms with E-state index in [4.69, 9.17) is 4.42 Å². The van der Waals surface area contributed by atoms with Crippen LogP contribution in [0.2, 0.25) is 0 Å². The molecule has 12 aromatic rings. The van der Waals surface area contributed by atoms with Gasteiger partial charge in [0.15, 0.2) is 5.58 Å². The Kier molecular flexibility index (Phi) is 6.93. The summed E-state index contributed by atoms with van der Waals surface area (Å²) in [6.45, 7) is 2.19. The maximum atomic E-state index is 7.00. The lowest BCUT2D eigenvalue weighted by molar-refractivity contribution is 0.670. The van der Waals surface area contributed by atoms with Gasteiger partial charge in [0.1, 0.15) is 5.58 Å². The molecule has 0 amide bonds. The molecule has 280 valence electrons. The standard InChI is InChI=1S/C57H36N2O/c1-35-23-28-48-47-20-12-19-44(36-13-4-2-5-14-36)56(47)60-57(48)55(35)58(41-15-6-3-7-16-41)42-26-24-37-31-49-51(33-39(37)29-42)50-32-38-25-27-43(30-40(38)34-52(49)50)59-53-21-10-8-17-45(53)46-18-9-11-22-54(46)59/h2-34H,1H3. The number of furan rings is 1. The minimum Gasteiger partial charge on any atom is -0.453 e. The second-order valence-electron chi connectivity index (χ2n) is 16.2. The number of fused-ring (bicyclic) bond motifs is 12. The lowest BCUT2D eigenvalue weighted by atomic mass is 9.78. The Morgan fingerprint density at radius 1 is 0.383 bits per heavy atom. The van der Waals surface area contributed by atoms with Gasteiger partial charge < -0.3 is 13.9 Å². The van der Waals surface area contributed by atoms with Gasteiger partial charge in [-0.05, 0) is 135 Å². The van der Waals surface area contributed by atoms with Crippen molar-refractivity contribution in [2.45, 2.75) is 6.92 Å². The van der Waals surface area contributed by atoms with Crippen molar-refractivity contribution in [3.05, 3.63) is 206 Å². The minimum atomic E-state index is 0.886. The minimum absolute atomic E-state index is 0.886. The van der Waals surface area contributed by atoms with Crippen LogP contribution in [0.4, 0.5) is 17.1 Å². The number of aryl methyl sites for hydroxylation is 1. The number of anilines is 3. The van der Waals surface area contributed by atoms with E-state index >= 15 is 0 Å². The van der Waals surface area contributed by atoms with Crippen molar-refractivity contribution >= 4 is 82.4 Å². The molecule has 60 heavy (non-hydrogen) atoms. The van der Waals surface area contributed by atoms with Crippen LogP contribution in [0.3, 0.4) is 0 Å². The molecular weight excluding hydrogens is 729 g/mol. The lowest BCUT2D eigenvalue weighted by Gasteiger charge is -2.28. The highest BCUT2D eigenvalue weighted by Gasteiger charge is 2.26. The van der Waals surface area contributed by atoms with E-state index in [1.54, 1.807) is 0 Å².